The largest absolute Gasteiger partial charge is 0.350 e. The Labute approximate surface area is 113 Å². The molecular formula is C12H11N3O5. The van der Waals surface area contributed by atoms with Crippen molar-refractivity contribution >= 4 is 29.5 Å². The molecule has 1 aliphatic rings. The Morgan fingerprint density at radius 3 is 2.75 bits per heavy atom. The maximum Gasteiger partial charge on any atom is 0.280 e. The summed E-state index contributed by atoms with van der Waals surface area (Å²) in [6, 6.07) is 3.29. The first-order chi connectivity index (χ1) is 9.43. The summed E-state index contributed by atoms with van der Waals surface area (Å²) in [6.45, 7) is 1.55. The number of imide groups is 1. The van der Waals surface area contributed by atoms with Crippen LogP contribution in [0.2, 0.25) is 0 Å². The fourth-order valence-corrected chi connectivity index (χ4v) is 2.01. The lowest BCUT2D eigenvalue weighted by Crippen LogP contribution is -2.57. The molecule has 1 aliphatic heterocycles. The van der Waals surface area contributed by atoms with Crippen LogP contribution in [0.5, 0.6) is 0 Å². The van der Waals surface area contributed by atoms with Crippen LogP contribution in [0.25, 0.3) is 0 Å². The van der Waals surface area contributed by atoms with E-state index in [1.807, 2.05) is 0 Å². The fourth-order valence-electron chi connectivity index (χ4n) is 2.01. The molecule has 1 N–H and O–H groups in total. The van der Waals surface area contributed by atoms with Gasteiger partial charge in [-0.2, -0.15) is 0 Å². The molecular weight excluding hydrogens is 266 g/mol. The highest BCUT2D eigenvalue weighted by atomic mass is 16.6. The highest BCUT2D eigenvalue weighted by Gasteiger charge is 2.31. The number of nitrogens with one attached hydrogen (secondary N) is 1. The van der Waals surface area contributed by atoms with Crippen molar-refractivity contribution in [3.8, 4) is 0 Å². The van der Waals surface area contributed by atoms with Gasteiger partial charge in [-0.05, 0) is 19.1 Å². The molecule has 0 spiro atoms. The van der Waals surface area contributed by atoms with Gasteiger partial charge in [0.05, 0.1) is 17.0 Å². The van der Waals surface area contributed by atoms with E-state index in [1.165, 1.54) is 23.1 Å². The van der Waals surface area contributed by atoms with E-state index in [0.29, 0.717) is 12.0 Å². The normalized spacial score (nSPS) is 18.6. The third-order valence-electron chi connectivity index (χ3n) is 3.09. The van der Waals surface area contributed by atoms with Crippen molar-refractivity contribution in [1.29, 1.82) is 0 Å². The fraction of sp³-hybridized carbons (Fsp3) is 0.250. The summed E-state index contributed by atoms with van der Waals surface area (Å²) in [5, 5.41) is 12.9. The summed E-state index contributed by atoms with van der Waals surface area (Å²) in [5.41, 5.74) is -0.00396. The van der Waals surface area contributed by atoms with Gasteiger partial charge in [0.2, 0.25) is 11.8 Å². The van der Waals surface area contributed by atoms with Crippen LogP contribution < -0.4 is 10.2 Å². The average molecular weight is 277 g/mol. The van der Waals surface area contributed by atoms with E-state index in [2.05, 4.69) is 5.32 Å². The van der Waals surface area contributed by atoms with Crippen LogP contribution in [0.1, 0.15) is 17.3 Å². The minimum atomic E-state index is -0.662. The number of carbonyl (C=O) groups excluding carboxylic acids is 3. The van der Waals surface area contributed by atoms with Crippen LogP contribution in [-0.2, 0) is 9.59 Å². The van der Waals surface area contributed by atoms with Gasteiger partial charge in [-0.1, -0.05) is 0 Å². The quantitative estimate of drug-likeness (QED) is 0.367. The van der Waals surface area contributed by atoms with Crippen LogP contribution in [0.4, 0.5) is 11.4 Å². The van der Waals surface area contributed by atoms with E-state index in [0.717, 1.165) is 0 Å². The third kappa shape index (κ3) is 2.35. The molecule has 1 heterocycles. The second-order valence-electron chi connectivity index (χ2n) is 4.33. The second-order valence-corrected chi connectivity index (χ2v) is 4.33. The average Bonchev–Trinajstić information content (AvgIpc) is 2.41. The number of nitro benzene ring substituents is 1. The van der Waals surface area contributed by atoms with Gasteiger partial charge in [0.25, 0.3) is 5.69 Å². The zero-order chi connectivity index (χ0) is 14.9. The predicted octanol–water partition coefficient (Wildman–Crippen LogP) is 0.259. The van der Waals surface area contributed by atoms with Crippen molar-refractivity contribution < 1.29 is 19.3 Å². The van der Waals surface area contributed by atoms with Gasteiger partial charge in [0.15, 0.2) is 6.29 Å². The van der Waals surface area contributed by atoms with Crippen molar-refractivity contribution in [2.24, 2.45) is 0 Å². The Morgan fingerprint density at radius 1 is 1.45 bits per heavy atom. The molecule has 0 saturated carbocycles. The smallest absolute Gasteiger partial charge is 0.280 e. The van der Waals surface area contributed by atoms with Gasteiger partial charge in [0.1, 0.15) is 6.04 Å². The Kier molecular flexibility index (Phi) is 3.47. The van der Waals surface area contributed by atoms with Crippen molar-refractivity contribution in [1.82, 2.24) is 5.32 Å². The number of nitrogens with zero attached hydrogens (tertiary/aromatic N) is 2. The summed E-state index contributed by atoms with van der Waals surface area (Å²) >= 11 is 0. The number of carbonyl (C=O) groups is 3. The van der Waals surface area contributed by atoms with Gasteiger partial charge in [0, 0.05) is 11.8 Å². The maximum atomic E-state index is 11.6. The van der Waals surface area contributed by atoms with Crippen LogP contribution in [-0.4, -0.2) is 35.6 Å². The van der Waals surface area contributed by atoms with E-state index in [4.69, 9.17) is 0 Å². The zero-order valence-electron chi connectivity index (χ0n) is 10.5. The first kappa shape index (κ1) is 13.7. The number of piperazine rings is 1. The Bertz CT molecular complexity index is 613. The van der Waals surface area contributed by atoms with Crippen molar-refractivity contribution in [3.05, 3.63) is 33.9 Å². The minimum Gasteiger partial charge on any atom is -0.350 e. The Balaban J connectivity index is 2.42. The molecule has 0 aromatic heterocycles. The Hall–Kier alpha value is -2.77. The zero-order valence-corrected chi connectivity index (χ0v) is 10.5. The first-order valence-electron chi connectivity index (χ1n) is 5.78. The number of hydrogen-bond donors (Lipinski definition) is 1. The molecule has 0 aliphatic carbocycles. The first-order valence-corrected chi connectivity index (χ1v) is 5.78. The molecule has 8 heteroatoms. The van der Waals surface area contributed by atoms with Crippen molar-refractivity contribution in [2.45, 2.75) is 13.0 Å². The molecule has 8 nitrogen and oxygen atoms in total. The molecule has 1 aromatic carbocycles. The number of nitro groups is 1. The van der Waals surface area contributed by atoms with Crippen molar-refractivity contribution in [3.63, 3.8) is 0 Å². The lowest BCUT2D eigenvalue weighted by molar-refractivity contribution is -0.385. The summed E-state index contributed by atoms with van der Waals surface area (Å²) in [4.78, 5) is 45.4. The van der Waals surface area contributed by atoms with Gasteiger partial charge >= 0.3 is 0 Å². The van der Waals surface area contributed by atoms with Gasteiger partial charge in [-0.3, -0.25) is 29.8 Å². The standard InChI is InChI=1S/C12H11N3O5/c1-7-12(18)13-11(17)5-14(7)9-2-3-10(15(19)20)8(4-9)6-16/h2-4,6-7H,5H2,1H3,(H,13,17,18). The van der Waals surface area contributed by atoms with Gasteiger partial charge in [-0.25, -0.2) is 0 Å². The van der Waals surface area contributed by atoms with Crippen LogP contribution in [0.15, 0.2) is 18.2 Å². The minimum absolute atomic E-state index is 0.0526. The molecule has 1 atom stereocenters. The number of aldehydes is 1. The van der Waals surface area contributed by atoms with Crippen molar-refractivity contribution in [2.75, 3.05) is 11.4 Å². The van der Waals surface area contributed by atoms with E-state index < -0.39 is 22.8 Å². The summed E-state index contributed by atoms with van der Waals surface area (Å²) in [7, 11) is 0. The van der Waals surface area contributed by atoms with Crippen LogP contribution >= 0.6 is 0 Å². The highest BCUT2D eigenvalue weighted by Crippen LogP contribution is 2.25. The molecule has 20 heavy (non-hydrogen) atoms. The molecule has 1 saturated heterocycles. The highest BCUT2D eigenvalue weighted by molar-refractivity contribution is 6.04. The summed E-state index contributed by atoms with van der Waals surface area (Å²) < 4.78 is 0. The molecule has 2 amide bonds. The molecule has 1 fully saturated rings. The van der Waals surface area contributed by atoms with E-state index >= 15 is 0 Å². The molecule has 104 valence electrons. The number of benzene rings is 1. The molecule has 2 rings (SSSR count). The maximum absolute atomic E-state index is 11.6. The number of amides is 2. The number of anilines is 1. The van der Waals surface area contributed by atoms with E-state index in [-0.39, 0.29) is 17.8 Å². The number of hydrogen-bond acceptors (Lipinski definition) is 6. The summed E-state index contributed by atoms with van der Waals surface area (Å²) in [6.07, 6.45) is 0.373. The van der Waals surface area contributed by atoms with E-state index in [1.54, 1.807) is 6.92 Å². The molecule has 1 aromatic rings. The summed E-state index contributed by atoms with van der Waals surface area (Å²) in [5.74, 6) is -0.911. The lowest BCUT2D eigenvalue weighted by atomic mass is 10.1. The van der Waals surface area contributed by atoms with E-state index in [9.17, 15) is 24.5 Å². The van der Waals surface area contributed by atoms with Gasteiger partial charge < -0.3 is 4.90 Å². The monoisotopic (exact) mass is 277 g/mol. The molecule has 0 bridgehead atoms. The third-order valence-corrected chi connectivity index (χ3v) is 3.09. The predicted molar refractivity (Wildman–Crippen MR) is 68.4 cm³/mol. The SMILES string of the molecule is CC1C(=O)NC(=O)CN1c1ccc([N+](=O)[O-])c(C=O)c1. The number of rotatable bonds is 3. The lowest BCUT2D eigenvalue weighted by Gasteiger charge is -2.33. The topological polar surface area (TPSA) is 110 Å². The Morgan fingerprint density at radius 2 is 2.15 bits per heavy atom. The van der Waals surface area contributed by atoms with Crippen LogP contribution in [0.3, 0.4) is 0 Å². The molecule has 0 radical (unpaired) electrons. The second kappa shape index (κ2) is 5.08. The van der Waals surface area contributed by atoms with Gasteiger partial charge in [-0.15, -0.1) is 0 Å². The molecule has 1 unspecified atom stereocenters. The van der Waals surface area contributed by atoms with Crippen LogP contribution in [0, 0.1) is 10.1 Å².